The fourth-order valence-corrected chi connectivity index (χ4v) is 1.72. The Bertz CT molecular complexity index is 283. The first kappa shape index (κ1) is 7.14. The van der Waals surface area contributed by atoms with Gasteiger partial charge in [0, 0.05) is 17.6 Å². The molecule has 1 aliphatic rings. The average molecular weight is 168 g/mol. The molecule has 2 rings (SSSR count). The molecule has 1 aromatic carbocycles. The van der Waals surface area contributed by atoms with Crippen LogP contribution in [0.1, 0.15) is 24.1 Å². The standard InChI is InChI=1S/C9H10ClN/c1-6-9-3-2-8(10)4-7(9)5-11-6/h2-4,6,11H,5H2,1H3. The zero-order valence-corrected chi connectivity index (χ0v) is 7.15. The van der Waals surface area contributed by atoms with E-state index in [1.807, 2.05) is 12.1 Å². The monoisotopic (exact) mass is 167 g/mol. The molecule has 0 amide bonds. The Kier molecular flexibility index (Phi) is 1.63. The molecule has 0 saturated heterocycles. The second-order valence-corrected chi connectivity index (χ2v) is 3.38. The average Bonchev–Trinajstić information content (AvgIpc) is 2.32. The summed E-state index contributed by atoms with van der Waals surface area (Å²) in [4.78, 5) is 0. The summed E-state index contributed by atoms with van der Waals surface area (Å²) < 4.78 is 0. The van der Waals surface area contributed by atoms with Gasteiger partial charge in [0.2, 0.25) is 0 Å². The molecule has 1 aliphatic heterocycles. The lowest BCUT2D eigenvalue weighted by Gasteiger charge is -2.02. The van der Waals surface area contributed by atoms with Crippen LogP contribution in [0, 0.1) is 0 Å². The molecule has 1 heterocycles. The van der Waals surface area contributed by atoms with Crippen LogP contribution in [0.25, 0.3) is 0 Å². The molecule has 11 heavy (non-hydrogen) atoms. The summed E-state index contributed by atoms with van der Waals surface area (Å²) in [6.07, 6.45) is 0. The van der Waals surface area contributed by atoms with Crippen molar-refractivity contribution in [3.8, 4) is 0 Å². The maximum absolute atomic E-state index is 5.84. The fraction of sp³-hybridized carbons (Fsp3) is 0.333. The van der Waals surface area contributed by atoms with Gasteiger partial charge in [-0.25, -0.2) is 0 Å². The van der Waals surface area contributed by atoms with Crippen molar-refractivity contribution in [1.29, 1.82) is 0 Å². The molecular formula is C9H10ClN. The van der Waals surface area contributed by atoms with E-state index in [9.17, 15) is 0 Å². The minimum Gasteiger partial charge on any atom is -0.306 e. The van der Waals surface area contributed by atoms with Crippen molar-refractivity contribution in [3.63, 3.8) is 0 Å². The molecule has 0 aliphatic carbocycles. The van der Waals surface area contributed by atoms with Crippen LogP contribution in [-0.4, -0.2) is 0 Å². The number of fused-ring (bicyclic) bond motifs is 1. The Labute approximate surface area is 71.4 Å². The van der Waals surface area contributed by atoms with Gasteiger partial charge in [0.1, 0.15) is 0 Å². The zero-order chi connectivity index (χ0) is 7.84. The summed E-state index contributed by atoms with van der Waals surface area (Å²) in [6.45, 7) is 3.12. The largest absolute Gasteiger partial charge is 0.306 e. The molecule has 0 radical (unpaired) electrons. The molecule has 0 aromatic heterocycles. The Morgan fingerprint density at radius 2 is 2.36 bits per heavy atom. The topological polar surface area (TPSA) is 12.0 Å². The van der Waals surface area contributed by atoms with Crippen LogP contribution in [0.2, 0.25) is 5.02 Å². The Balaban J connectivity index is 2.50. The first-order chi connectivity index (χ1) is 5.27. The van der Waals surface area contributed by atoms with Crippen LogP contribution in [0.4, 0.5) is 0 Å². The van der Waals surface area contributed by atoms with Gasteiger partial charge >= 0.3 is 0 Å². The lowest BCUT2D eigenvalue weighted by atomic mass is 10.1. The molecule has 1 atom stereocenters. The van der Waals surface area contributed by atoms with Crippen LogP contribution < -0.4 is 5.32 Å². The highest BCUT2D eigenvalue weighted by molar-refractivity contribution is 6.30. The molecule has 2 heteroatoms. The van der Waals surface area contributed by atoms with Crippen LogP contribution in [-0.2, 0) is 6.54 Å². The predicted molar refractivity (Wildman–Crippen MR) is 46.7 cm³/mol. The summed E-state index contributed by atoms with van der Waals surface area (Å²) in [5.74, 6) is 0. The van der Waals surface area contributed by atoms with Gasteiger partial charge in [-0.1, -0.05) is 17.7 Å². The smallest absolute Gasteiger partial charge is 0.0409 e. The third kappa shape index (κ3) is 1.15. The molecule has 0 saturated carbocycles. The van der Waals surface area contributed by atoms with E-state index in [2.05, 4.69) is 18.3 Å². The van der Waals surface area contributed by atoms with E-state index in [0.29, 0.717) is 6.04 Å². The van der Waals surface area contributed by atoms with Crippen LogP contribution in [0.15, 0.2) is 18.2 Å². The first-order valence-corrected chi connectivity index (χ1v) is 4.17. The summed E-state index contributed by atoms with van der Waals surface area (Å²) in [5, 5.41) is 4.19. The second kappa shape index (κ2) is 2.50. The van der Waals surface area contributed by atoms with Crippen LogP contribution >= 0.6 is 11.6 Å². The number of halogens is 1. The fourth-order valence-electron chi connectivity index (χ4n) is 1.52. The van der Waals surface area contributed by atoms with Crippen molar-refractivity contribution in [3.05, 3.63) is 34.3 Å². The first-order valence-electron chi connectivity index (χ1n) is 3.79. The second-order valence-electron chi connectivity index (χ2n) is 2.95. The Hall–Kier alpha value is -0.530. The van der Waals surface area contributed by atoms with E-state index in [1.54, 1.807) is 0 Å². The maximum Gasteiger partial charge on any atom is 0.0409 e. The van der Waals surface area contributed by atoms with Gasteiger partial charge in [-0.05, 0) is 30.2 Å². The Morgan fingerprint density at radius 3 is 3.18 bits per heavy atom. The lowest BCUT2D eigenvalue weighted by Crippen LogP contribution is -2.06. The van der Waals surface area contributed by atoms with Crippen molar-refractivity contribution in [1.82, 2.24) is 5.32 Å². The summed E-state index contributed by atoms with van der Waals surface area (Å²) in [7, 11) is 0. The molecule has 1 unspecified atom stereocenters. The number of hydrogen-bond donors (Lipinski definition) is 1. The molecule has 0 fully saturated rings. The van der Waals surface area contributed by atoms with Crippen molar-refractivity contribution < 1.29 is 0 Å². The predicted octanol–water partition coefficient (Wildman–Crippen LogP) is 2.50. The number of nitrogens with one attached hydrogen (secondary N) is 1. The molecule has 0 bridgehead atoms. The minimum atomic E-state index is 0.488. The number of rotatable bonds is 0. The van der Waals surface area contributed by atoms with Crippen LogP contribution in [0.3, 0.4) is 0 Å². The van der Waals surface area contributed by atoms with E-state index in [-0.39, 0.29) is 0 Å². The van der Waals surface area contributed by atoms with Gasteiger partial charge in [0.05, 0.1) is 0 Å². The van der Waals surface area contributed by atoms with Crippen molar-refractivity contribution in [2.24, 2.45) is 0 Å². The molecule has 0 spiro atoms. The van der Waals surface area contributed by atoms with Crippen molar-refractivity contribution >= 4 is 11.6 Å². The molecule has 58 valence electrons. The lowest BCUT2D eigenvalue weighted by molar-refractivity contribution is 0.633. The van der Waals surface area contributed by atoms with Crippen molar-refractivity contribution in [2.75, 3.05) is 0 Å². The van der Waals surface area contributed by atoms with Gasteiger partial charge in [0.25, 0.3) is 0 Å². The van der Waals surface area contributed by atoms with Gasteiger partial charge in [-0.15, -0.1) is 0 Å². The summed E-state index contributed by atoms with van der Waals surface area (Å²) in [6, 6.07) is 6.57. The van der Waals surface area contributed by atoms with E-state index in [0.717, 1.165) is 11.6 Å². The van der Waals surface area contributed by atoms with Crippen molar-refractivity contribution in [2.45, 2.75) is 19.5 Å². The van der Waals surface area contributed by atoms with E-state index in [4.69, 9.17) is 11.6 Å². The molecule has 1 nitrogen and oxygen atoms in total. The van der Waals surface area contributed by atoms with Crippen LogP contribution in [0.5, 0.6) is 0 Å². The van der Waals surface area contributed by atoms with Gasteiger partial charge in [-0.2, -0.15) is 0 Å². The molecular weight excluding hydrogens is 158 g/mol. The molecule has 1 aromatic rings. The van der Waals surface area contributed by atoms with E-state index in [1.165, 1.54) is 11.1 Å². The number of benzene rings is 1. The SMILES string of the molecule is CC1NCc2cc(Cl)ccc21. The normalized spacial score (nSPS) is 21.8. The summed E-state index contributed by atoms with van der Waals surface area (Å²) >= 11 is 5.84. The highest BCUT2D eigenvalue weighted by Crippen LogP contribution is 2.26. The van der Waals surface area contributed by atoms with Gasteiger partial charge in [0.15, 0.2) is 0 Å². The third-order valence-corrected chi connectivity index (χ3v) is 2.41. The number of hydrogen-bond acceptors (Lipinski definition) is 1. The highest BCUT2D eigenvalue weighted by Gasteiger charge is 2.16. The molecule has 1 N–H and O–H groups in total. The maximum atomic E-state index is 5.84. The van der Waals surface area contributed by atoms with Gasteiger partial charge in [-0.3, -0.25) is 0 Å². The summed E-state index contributed by atoms with van der Waals surface area (Å²) in [5.41, 5.74) is 2.72. The van der Waals surface area contributed by atoms with E-state index < -0.39 is 0 Å². The highest BCUT2D eigenvalue weighted by atomic mass is 35.5. The van der Waals surface area contributed by atoms with Gasteiger partial charge < -0.3 is 5.32 Å². The third-order valence-electron chi connectivity index (χ3n) is 2.17. The zero-order valence-electron chi connectivity index (χ0n) is 6.39. The minimum absolute atomic E-state index is 0.488. The Morgan fingerprint density at radius 1 is 1.55 bits per heavy atom. The quantitative estimate of drug-likeness (QED) is 0.626. The van der Waals surface area contributed by atoms with E-state index >= 15 is 0 Å².